The maximum Gasteiger partial charge on any atom is 0.405 e. The van der Waals surface area contributed by atoms with Crippen LogP contribution in [-0.2, 0) is 6.42 Å². The van der Waals surface area contributed by atoms with Crippen molar-refractivity contribution in [1.82, 2.24) is 5.32 Å². The Labute approximate surface area is 104 Å². The van der Waals surface area contributed by atoms with Crippen molar-refractivity contribution in [1.29, 1.82) is 5.26 Å². The van der Waals surface area contributed by atoms with Crippen molar-refractivity contribution in [2.24, 2.45) is 5.92 Å². The summed E-state index contributed by atoms with van der Waals surface area (Å²) in [6.45, 7) is 1.44. The quantitative estimate of drug-likeness (QED) is 0.879. The number of nitrogens with zero attached hydrogens (tertiary/aromatic N) is 1. The van der Waals surface area contributed by atoms with Gasteiger partial charge < -0.3 is 5.32 Å². The molecule has 0 aromatic heterocycles. The van der Waals surface area contributed by atoms with Crippen LogP contribution in [0.3, 0.4) is 0 Å². The van der Waals surface area contributed by atoms with Crippen LogP contribution in [0.2, 0.25) is 0 Å². The van der Waals surface area contributed by atoms with Gasteiger partial charge in [0, 0.05) is 12.6 Å². The van der Waals surface area contributed by atoms with Crippen molar-refractivity contribution < 1.29 is 13.2 Å². The summed E-state index contributed by atoms with van der Waals surface area (Å²) < 4.78 is 37.0. The molecule has 0 aliphatic rings. The van der Waals surface area contributed by atoms with E-state index in [1.165, 1.54) is 6.07 Å². The zero-order valence-corrected chi connectivity index (χ0v) is 10.0. The van der Waals surface area contributed by atoms with Crippen molar-refractivity contribution >= 4 is 0 Å². The summed E-state index contributed by atoms with van der Waals surface area (Å²) in [7, 11) is 0. The van der Waals surface area contributed by atoms with Crippen LogP contribution in [0.4, 0.5) is 13.2 Å². The summed E-state index contributed by atoms with van der Waals surface area (Å²) in [5, 5.41) is 11.2. The molecule has 0 aliphatic heterocycles. The SMILES string of the molecule is CC(Cc1ccccc1)NCC(C#N)C(F)(F)F. The zero-order valence-electron chi connectivity index (χ0n) is 10.0. The Bertz CT molecular complexity index is 395. The highest BCUT2D eigenvalue weighted by Crippen LogP contribution is 2.25. The van der Waals surface area contributed by atoms with Crippen molar-refractivity contribution in [3.63, 3.8) is 0 Å². The average molecular weight is 256 g/mol. The van der Waals surface area contributed by atoms with Gasteiger partial charge in [-0.3, -0.25) is 0 Å². The van der Waals surface area contributed by atoms with Crippen LogP contribution >= 0.6 is 0 Å². The van der Waals surface area contributed by atoms with Gasteiger partial charge in [-0.25, -0.2) is 0 Å². The van der Waals surface area contributed by atoms with Gasteiger partial charge in [0.05, 0.1) is 6.07 Å². The summed E-state index contributed by atoms with van der Waals surface area (Å²) in [6.07, 6.45) is -3.83. The van der Waals surface area contributed by atoms with Gasteiger partial charge in [-0.2, -0.15) is 18.4 Å². The minimum absolute atomic E-state index is 0.106. The van der Waals surface area contributed by atoms with Gasteiger partial charge in [0.25, 0.3) is 0 Å². The molecule has 0 heterocycles. The number of hydrogen-bond acceptors (Lipinski definition) is 2. The maximum absolute atomic E-state index is 12.3. The summed E-state index contributed by atoms with van der Waals surface area (Å²) in [5.74, 6) is -1.95. The van der Waals surface area contributed by atoms with Crippen LogP contribution in [0.25, 0.3) is 0 Å². The van der Waals surface area contributed by atoms with Crippen molar-refractivity contribution in [2.75, 3.05) is 6.54 Å². The zero-order chi connectivity index (χ0) is 13.6. The maximum atomic E-state index is 12.3. The van der Waals surface area contributed by atoms with E-state index in [-0.39, 0.29) is 12.6 Å². The molecule has 0 amide bonds. The third-order valence-electron chi connectivity index (χ3n) is 2.61. The van der Waals surface area contributed by atoms with E-state index in [0.29, 0.717) is 6.42 Å². The fourth-order valence-corrected chi connectivity index (χ4v) is 1.59. The Morgan fingerprint density at radius 1 is 1.28 bits per heavy atom. The third-order valence-corrected chi connectivity index (χ3v) is 2.61. The minimum atomic E-state index is -4.46. The highest BCUT2D eigenvalue weighted by molar-refractivity contribution is 5.15. The van der Waals surface area contributed by atoms with Gasteiger partial charge >= 0.3 is 6.18 Å². The number of nitrogens with one attached hydrogen (secondary N) is 1. The van der Waals surface area contributed by atoms with Crippen LogP contribution in [0.1, 0.15) is 12.5 Å². The van der Waals surface area contributed by atoms with E-state index in [1.54, 1.807) is 6.92 Å². The topological polar surface area (TPSA) is 35.8 Å². The molecule has 2 atom stereocenters. The van der Waals surface area contributed by atoms with E-state index >= 15 is 0 Å². The van der Waals surface area contributed by atoms with Gasteiger partial charge in [0.1, 0.15) is 0 Å². The van der Waals surface area contributed by atoms with Gasteiger partial charge in [0.2, 0.25) is 0 Å². The fourth-order valence-electron chi connectivity index (χ4n) is 1.59. The van der Waals surface area contributed by atoms with E-state index in [9.17, 15) is 13.2 Å². The molecule has 1 aromatic rings. The van der Waals surface area contributed by atoms with E-state index in [2.05, 4.69) is 5.32 Å². The third kappa shape index (κ3) is 4.76. The lowest BCUT2D eigenvalue weighted by molar-refractivity contribution is -0.157. The molecule has 0 spiro atoms. The number of benzene rings is 1. The lowest BCUT2D eigenvalue weighted by Crippen LogP contribution is -2.37. The molecule has 1 N–H and O–H groups in total. The second-order valence-electron chi connectivity index (χ2n) is 4.22. The second kappa shape index (κ2) is 6.41. The second-order valence-corrected chi connectivity index (χ2v) is 4.22. The van der Waals surface area contributed by atoms with Crippen LogP contribution in [-0.4, -0.2) is 18.8 Å². The Balaban J connectivity index is 2.42. The molecule has 0 radical (unpaired) electrons. The molecule has 0 saturated carbocycles. The van der Waals surface area contributed by atoms with Crippen molar-refractivity contribution in [3.05, 3.63) is 35.9 Å². The highest BCUT2D eigenvalue weighted by atomic mass is 19.4. The Morgan fingerprint density at radius 2 is 1.89 bits per heavy atom. The predicted molar refractivity (Wildman–Crippen MR) is 62.8 cm³/mol. The molecular weight excluding hydrogens is 241 g/mol. The molecule has 5 heteroatoms. The van der Waals surface area contributed by atoms with Crippen LogP contribution in [0, 0.1) is 17.2 Å². The standard InChI is InChI=1S/C13H15F3N2/c1-10(7-11-5-3-2-4-6-11)18-9-12(8-17)13(14,15)16/h2-6,10,12,18H,7,9H2,1H3. The normalized spacial score (nSPS) is 14.8. The highest BCUT2D eigenvalue weighted by Gasteiger charge is 2.39. The van der Waals surface area contributed by atoms with Crippen molar-refractivity contribution in [3.8, 4) is 6.07 Å². The van der Waals surface area contributed by atoms with Crippen LogP contribution < -0.4 is 5.32 Å². The number of nitriles is 1. The number of alkyl halides is 3. The summed E-state index contributed by atoms with van der Waals surface area (Å²) in [6, 6.07) is 10.7. The largest absolute Gasteiger partial charge is 0.405 e. The van der Waals surface area contributed by atoms with E-state index in [1.807, 2.05) is 30.3 Å². The summed E-state index contributed by atoms with van der Waals surface area (Å²) in [5.41, 5.74) is 1.05. The molecule has 2 unspecified atom stereocenters. The average Bonchev–Trinajstić information content (AvgIpc) is 2.29. The molecule has 18 heavy (non-hydrogen) atoms. The number of rotatable bonds is 5. The van der Waals surface area contributed by atoms with E-state index in [0.717, 1.165) is 5.56 Å². The minimum Gasteiger partial charge on any atom is -0.312 e. The molecule has 0 bridgehead atoms. The summed E-state index contributed by atoms with van der Waals surface area (Å²) >= 11 is 0. The molecule has 2 nitrogen and oxygen atoms in total. The van der Waals surface area contributed by atoms with E-state index < -0.39 is 12.1 Å². The first-order valence-electron chi connectivity index (χ1n) is 5.67. The predicted octanol–water partition coefficient (Wildman–Crippen LogP) is 2.91. The van der Waals surface area contributed by atoms with Crippen LogP contribution in [0.5, 0.6) is 0 Å². The molecule has 1 rings (SSSR count). The van der Waals surface area contributed by atoms with Gasteiger partial charge in [-0.05, 0) is 18.9 Å². The monoisotopic (exact) mass is 256 g/mol. The molecule has 0 aliphatic carbocycles. The summed E-state index contributed by atoms with van der Waals surface area (Å²) in [4.78, 5) is 0. The molecular formula is C13H15F3N2. The lowest BCUT2D eigenvalue weighted by Gasteiger charge is -2.18. The molecule has 1 aromatic carbocycles. The Morgan fingerprint density at radius 3 is 2.39 bits per heavy atom. The molecule has 0 fully saturated rings. The number of hydrogen-bond donors (Lipinski definition) is 1. The van der Waals surface area contributed by atoms with Gasteiger partial charge in [-0.1, -0.05) is 30.3 Å². The molecule has 98 valence electrons. The number of halogens is 3. The first-order valence-corrected chi connectivity index (χ1v) is 5.67. The Kier molecular flexibility index (Phi) is 5.17. The first kappa shape index (κ1) is 14.5. The smallest absolute Gasteiger partial charge is 0.312 e. The van der Waals surface area contributed by atoms with Crippen molar-refractivity contribution in [2.45, 2.75) is 25.6 Å². The van der Waals surface area contributed by atoms with Gasteiger partial charge in [-0.15, -0.1) is 0 Å². The lowest BCUT2D eigenvalue weighted by atomic mass is 10.1. The molecule has 0 saturated heterocycles. The fraction of sp³-hybridized carbons (Fsp3) is 0.462. The van der Waals surface area contributed by atoms with Gasteiger partial charge in [0.15, 0.2) is 5.92 Å². The van der Waals surface area contributed by atoms with E-state index in [4.69, 9.17) is 5.26 Å². The Hall–Kier alpha value is -1.54. The first-order chi connectivity index (χ1) is 8.43. The van der Waals surface area contributed by atoms with Crippen LogP contribution in [0.15, 0.2) is 30.3 Å².